The molecular weight excluding hydrogens is 266 g/mol. The zero-order valence-electron chi connectivity index (χ0n) is 12.1. The summed E-state index contributed by atoms with van der Waals surface area (Å²) < 4.78 is 0. The summed E-state index contributed by atoms with van der Waals surface area (Å²) in [4.78, 5) is 25.9. The number of hydrogen-bond acceptors (Lipinski definition) is 3. The van der Waals surface area contributed by atoms with Crippen molar-refractivity contribution in [1.29, 1.82) is 5.26 Å². The molecule has 1 aromatic rings. The third-order valence-electron chi connectivity index (χ3n) is 3.74. The number of carbonyl (C=O) groups is 2. The Morgan fingerprint density at radius 2 is 2.19 bits per heavy atom. The highest BCUT2D eigenvalue weighted by molar-refractivity contribution is 5.90. The first-order chi connectivity index (χ1) is 10.2. The molecule has 1 fully saturated rings. The van der Waals surface area contributed by atoms with E-state index in [4.69, 9.17) is 0 Å². The van der Waals surface area contributed by atoms with Crippen molar-refractivity contribution >= 4 is 11.8 Å². The normalized spacial score (nSPS) is 19.5. The molecule has 2 amide bonds. The van der Waals surface area contributed by atoms with E-state index >= 15 is 0 Å². The SMILES string of the molecule is CCC1C(=O)NCCN1C(=O)C(C#N)Cc1ccccc1. The Labute approximate surface area is 124 Å². The maximum Gasteiger partial charge on any atom is 0.242 e. The minimum absolute atomic E-state index is 0.131. The summed E-state index contributed by atoms with van der Waals surface area (Å²) in [5.74, 6) is -1.12. The van der Waals surface area contributed by atoms with Gasteiger partial charge in [0.1, 0.15) is 12.0 Å². The molecule has 1 aromatic carbocycles. The van der Waals surface area contributed by atoms with Crippen molar-refractivity contribution in [2.45, 2.75) is 25.8 Å². The Bertz CT molecular complexity index is 550. The fraction of sp³-hybridized carbons (Fsp3) is 0.438. The van der Waals surface area contributed by atoms with E-state index in [0.29, 0.717) is 25.9 Å². The monoisotopic (exact) mass is 285 g/mol. The molecule has 0 aliphatic carbocycles. The van der Waals surface area contributed by atoms with Crippen LogP contribution in [-0.2, 0) is 16.0 Å². The van der Waals surface area contributed by atoms with Crippen molar-refractivity contribution in [3.63, 3.8) is 0 Å². The molecule has 5 nitrogen and oxygen atoms in total. The molecule has 5 heteroatoms. The lowest BCUT2D eigenvalue weighted by Crippen LogP contribution is -2.58. The average Bonchev–Trinajstić information content (AvgIpc) is 2.52. The van der Waals surface area contributed by atoms with Crippen molar-refractivity contribution in [3.8, 4) is 6.07 Å². The Balaban J connectivity index is 2.12. The zero-order chi connectivity index (χ0) is 15.2. The summed E-state index contributed by atoms with van der Waals surface area (Å²) in [6.45, 7) is 2.79. The second kappa shape index (κ2) is 6.89. The molecule has 2 unspecified atom stereocenters. The molecule has 0 saturated carbocycles. The van der Waals surface area contributed by atoms with Gasteiger partial charge < -0.3 is 10.2 Å². The zero-order valence-corrected chi connectivity index (χ0v) is 12.1. The fourth-order valence-electron chi connectivity index (χ4n) is 2.62. The van der Waals surface area contributed by atoms with E-state index in [-0.39, 0.29) is 11.8 Å². The Hall–Kier alpha value is -2.35. The maximum absolute atomic E-state index is 12.6. The molecule has 1 saturated heterocycles. The van der Waals surface area contributed by atoms with Gasteiger partial charge in [-0.05, 0) is 18.4 Å². The van der Waals surface area contributed by atoms with Gasteiger partial charge in [-0.15, -0.1) is 0 Å². The lowest BCUT2D eigenvalue weighted by molar-refractivity contribution is -0.145. The fourth-order valence-corrected chi connectivity index (χ4v) is 2.62. The van der Waals surface area contributed by atoms with Crippen LogP contribution in [0.15, 0.2) is 30.3 Å². The van der Waals surface area contributed by atoms with E-state index in [2.05, 4.69) is 11.4 Å². The van der Waals surface area contributed by atoms with Gasteiger partial charge in [-0.2, -0.15) is 5.26 Å². The highest BCUT2D eigenvalue weighted by Crippen LogP contribution is 2.16. The van der Waals surface area contributed by atoms with Crippen LogP contribution in [-0.4, -0.2) is 35.8 Å². The van der Waals surface area contributed by atoms with Gasteiger partial charge in [-0.1, -0.05) is 37.3 Å². The van der Waals surface area contributed by atoms with Crippen LogP contribution in [0.5, 0.6) is 0 Å². The predicted molar refractivity (Wildman–Crippen MR) is 78.1 cm³/mol. The van der Waals surface area contributed by atoms with E-state index in [9.17, 15) is 14.9 Å². The number of benzene rings is 1. The van der Waals surface area contributed by atoms with Crippen LogP contribution >= 0.6 is 0 Å². The number of nitriles is 1. The molecule has 0 spiro atoms. The minimum Gasteiger partial charge on any atom is -0.353 e. The number of hydrogen-bond donors (Lipinski definition) is 1. The molecule has 1 heterocycles. The molecule has 2 rings (SSSR count). The minimum atomic E-state index is -0.743. The molecule has 21 heavy (non-hydrogen) atoms. The van der Waals surface area contributed by atoms with Gasteiger partial charge in [0.15, 0.2) is 0 Å². The van der Waals surface area contributed by atoms with E-state index in [1.165, 1.54) is 0 Å². The standard InChI is InChI=1S/C16H19N3O2/c1-2-14-15(20)18-8-9-19(14)16(21)13(11-17)10-12-6-4-3-5-7-12/h3-7,13-14H,2,8-10H2,1H3,(H,18,20). The van der Waals surface area contributed by atoms with Crippen LogP contribution in [0.3, 0.4) is 0 Å². The van der Waals surface area contributed by atoms with E-state index in [1.807, 2.05) is 37.3 Å². The average molecular weight is 285 g/mol. The first-order valence-electron chi connectivity index (χ1n) is 7.19. The van der Waals surface area contributed by atoms with E-state index in [1.54, 1.807) is 4.90 Å². The highest BCUT2D eigenvalue weighted by atomic mass is 16.2. The number of rotatable bonds is 4. The van der Waals surface area contributed by atoms with Gasteiger partial charge in [0.2, 0.25) is 11.8 Å². The number of piperazine rings is 1. The van der Waals surface area contributed by atoms with Crippen LogP contribution in [0.2, 0.25) is 0 Å². The predicted octanol–water partition coefficient (Wildman–Crippen LogP) is 1.11. The van der Waals surface area contributed by atoms with E-state index < -0.39 is 12.0 Å². The quantitative estimate of drug-likeness (QED) is 0.900. The molecule has 1 N–H and O–H groups in total. The molecule has 0 aromatic heterocycles. The summed E-state index contributed by atoms with van der Waals surface area (Å²) in [6.07, 6.45) is 0.936. The van der Waals surface area contributed by atoms with Gasteiger partial charge in [0, 0.05) is 13.1 Å². The van der Waals surface area contributed by atoms with Crippen molar-refractivity contribution in [1.82, 2.24) is 10.2 Å². The van der Waals surface area contributed by atoms with Gasteiger partial charge in [-0.25, -0.2) is 0 Å². The second-order valence-electron chi connectivity index (χ2n) is 5.12. The largest absolute Gasteiger partial charge is 0.353 e. The topological polar surface area (TPSA) is 73.2 Å². The van der Waals surface area contributed by atoms with Crippen molar-refractivity contribution in [2.24, 2.45) is 5.92 Å². The van der Waals surface area contributed by atoms with Crippen LogP contribution in [0.25, 0.3) is 0 Å². The van der Waals surface area contributed by atoms with E-state index in [0.717, 1.165) is 5.56 Å². The first kappa shape index (κ1) is 15.0. The number of carbonyl (C=O) groups excluding carboxylic acids is 2. The summed E-state index contributed by atoms with van der Waals surface area (Å²) in [7, 11) is 0. The van der Waals surface area contributed by atoms with Crippen molar-refractivity contribution < 1.29 is 9.59 Å². The summed E-state index contributed by atoms with van der Waals surface area (Å²) in [5, 5.41) is 12.1. The van der Waals surface area contributed by atoms with Gasteiger partial charge in [0.05, 0.1) is 6.07 Å². The second-order valence-corrected chi connectivity index (χ2v) is 5.12. The first-order valence-corrected chi connectivity index (χ1v) is 7.19. The Kier molecular flexibility index (Phi) is 4.94. The van der Waals surface area contributed by atoms with Gasteiger partial charge in [0.25, 0.3) is 0 Å². The molecule has 0 bridgehead atoms. The Morgan fingerprint density at radius 1 is 1.48 bits per heavy atom. The van der Waals surface area contributed by atoms with Gasteiger partial charge in [-0.3, -0.25) is 9.59 Å². The lowest BCUT2D eigenvalue weighted by Gasteiger charge is -2.35. The third-order valence-corrected chi connectivity index (χ3v) is 3.74. The summed E-state index contributed by atoms with van der Waals surface area (Å²) in [5.41, 5.74) is 0.951. The number of nitrogens with one attached hydrogen (secondary N) is 1. The summed E-state index contributed by atoms with van der Waals surface area (Å²) >= 11 is 0. The lowest BCUT2D eigenvalue weighted by atomic mass is 9.97. The highest BCUT2D eigenvalue weighted by Gasteiger charge is 2.35. The van der Waals surface area contributed by atoms with Gasteiger partial charge >= 0.3 is 0 Å². The molecule has 110 valence electrons. The van der Waals surface area contributed by atoms with Crippen LogP contribution in [0.1, 0.15) is 18.9 Å². The molecular formula is C16H19N3O2. The third kappa shape index (κ3) is 3.40. The molecule has 1 aliphatic heterocycles. The van der Waals surface area contributed by atoms with Crippen LogP contribution < -0.4 is 5.32 Å². The van der Waals surface area contributed by atoms with Crippen molar-refractivity contribution in [3.05, 3.63) is 35.9 Å². The molecule has 0 radical (unpaired) electrons. The molecule has 1 aliphatic rings. The summed E-state index contributed by atoms with van der Waals surface area (Å²) in [6, 6.07) is 11.1. The Morgan fingerprint density at radius 3 is 2.81 bits per heavy atom. The maximum atomic E-state index is 12.6. The number of nitrogens with zero attached hydrogens (tertiary/aromatic N) is 2. The number of amides is 2. The molecule has 2 atom stereocenters. The van der Waals surface area contributed by atoms with Crippen LogP contribution in [0, 0.1) is 17.2 Å². The van der Waals surface area contributed by atoms with Crippen molar-refractivity contribution in [2.75, 3.05) is 13.1 Å². The van der Waals surface area contributed by atoms with Crippen LogP contribution in [0.4, 0.5) is 0 Å². The smallest absolute Gasteiger partial charge is 0.242 e.